The summed E-state index contributed by atoms with van der Waals surface area (Å²) in [6.45, 7) is 3.55. The van der Waals surface area contributed by atoms with Gasteiger partial charge < -0.3 is 10.2 Å². The van der Waals surface area contributed by atoms with E-state index < -0.39 is 10.7 Å². The van der Waals surface area contributed by atoms with E-state index >= 15 is 0 Å². The molecule has 1 heterocycles. The highest BCUT2D eigenvalue weighted by atomic mass is 19.1. The summed E-state index contributed by atoms with van der Waals surface area (Å²) in [5.41, 5.74) is 1.17. The Kier molecular flexibility index (Phi) is 7.21. The molecule has 0 aromatic heterocycles. The Morgan fingerprint density at radius 2 is 1.79 bits per heavy atom. The highest BCUT2D eigenvalue weighted by Crippen LogP contribution is 2.32. The molecule has 9 heteroatoms. The summed E-state index contributed by atoms with van der Waals surface area (Å²) in [5, 5.41) is 14.1. The summed E-state index contributed by atoms with van der Waals surface area (Å²) in [7, 11) is 0. The normalized spacial score (nSPS) is 18.0. The van der Waals surface area contributed by atoms with Crippen molar-refractivity contribution >= 4 is 23.2 Å². The van der Waals surface area contributed by atoms with Crippen molar-refractivity contribution in [3.63, 3.8) is 0 Å². The minimum Gasteiger partial charge on any atom is -0.336 e. The number of carbonyl (C=O) groups excluding carboxylic acids is 2. The van der Waals surface area contributed by atoms with Gasteiger partial charge in [-0.1, -0.05) is 25.0 Å². The molecule has 0 spiro atoms. The summed E-state index contributed by atoms with van der Waals surface area (Å²) in [6.07, 6.45) is 4.10. The number of nitrogens with zero attached hydrogens (tertiary/aromatic N) is 3. The zero-order valence-electron chi connectivity index (χ0n) is 19.2. The molecular weight excluding hydrogens is 439 g/mol. The Morgan fingerprint density at radius 1 is 1.09 bits per heavy atom. The lowest BCUT2D eigenvalue weighted by Crippen LogP contribution is -2.56. The first kappa shape index (κ1) is 23.8. The van der Waals surface area contributed by atoms with Crippen LogP contribution in [-0.4, -0.2) is 58.8 Å². The van der Waals surface area contributed by atoms with E-state index in [-0.39, 0.29) is 29.5 Å². The number of carbonyl (C=O) groups is 2. The molecule has 1 atom stereocenters. The molecule has 180 valence electrons. The standard InChI is InChI=1S/C25H29FN4O4/c1-17-9-10-19(15-22(17)30(33)34)25(32)29-13-11-28(12-14-29)23(18-5-2-3-6-18)24(31)27-21-8-4-7-20(26)16-21/h4,7-10,15-16,18,23H,2-3,5-6,11-14H2,1H3,(H,27,31). The summed E-state index contributed by atoms with van der Waals surface area (Å²) >= 11 is 0. The Balaban J connectivity index is 1.44. The third kappa shape index (κ3) is 5.25. The lowest BCUT2D eigenvalue weighted by molar-refractivity contribution is -0.385. The highest BCUT2D eigenvalue weighted by Gasteiger charge is 2.37. The number of halogens is 1. The Bertz CT molecular complexity index is 1080. The molecule has 1 unspecified atom stereocenters. The van der Waals surface area contributed by atoms with Crippen molar-refractivity contribution in [1.29, 1.82) is 0 Å². The average Bonchev–Trinajstić information content (AvgIpc) is 3.33. The van der Waals surface area contributed by atoms with E-state index in [2.05, 4.69) is 10.2 Å². The molecule has 2 fully saturated rings. The van der Waals surface area contributed by atoms with E-state index in [1.165, 1.54) is 18.2 Å². The average molecular weight is 469 g/mol. The summed E-state index contributed by atoms with van der Waals surface area (Å²) in [5.74, 6) is -0.579. The molecule has 0 radical (unpaired) electrons. The van der Waals surface area contributed by atoms with Gasteiger partial charge in [0.25, 0.3) is 11.6 Å². The van der Waals surface area contributed by atoms with Crippen molar-refractivity contribution in [2.24, 2.45) is 5.92 Å². The van der Waals surface area contributed by atoms with Crippen LogP contribution in [0.4, 0.5) is 15.8 Å². The lowest BCUT2D eigenvalue weighted by atomic mass is 9.94. The van der Waals surface area contributed by atoms with Crippen LogP contribution in [0.2, 0.25) is 0 Å². The number of rotatable bonds is 6. The van der Waals surface area contributed by atoms with Crippen LogP contribution in [0.3, 0.4) is 0 Å². The number of hydrogen-bond donors (Lipinski definition) is 1. The summed E-state index contributed by atoms with van der Waals surface area (Å²) in [4.78, 5) is 40.8. The van der Waals surface area contributed by atoms with Crippen molar-refractivity contribution < 1.29 is 18.9 Å². The molecule has 1 aliphatic carbocycles. The summed E-state index contributed by atoms with van der Waals surface area (Å²) < 4.78 is 13.6. The maximum absolute atomic E-state index is 13.6. The van der Waals surface area contributed by atoms with E-state index in [0.29, 0.717) is 43.0 Å². The van der Waals surface area contributed by atoms with Crippen LogP contribution in [0, 0.1) is 28.8 Å². The van der Waals surface area contributed by atoms with Crippen molar-refractivity contribution in [2.75, 3.05) is 31.5 Å². The van der Waals surface area contributed by atoms with Gasteiger partial charge in [-0.25, -0.2) is 4.39 Å². The van der Waals surface area contributed by atoms with E-state index in [1.807, 2.05) is 0 Å². The number of hydrogen-bond acceptors (Lipinski definition) is 5. The van der Waals surface area contributed by atoms with Gasteiger partial charge >= 0.3 is 0 Å². The lowest BCUT2D eigenvalue weighted by Gasteiger charge is -2.40. The second-order valence-corrected chi connectivity index (χ2v) is 9.08. The molecule has 1 saturated carbocycles. The Morgan fingerprint density at radius 3 is 2.44 bits per heavy atom. The van der Waals surface area contributed by atoms with Crippen LogP contribution in [-0.2, 0) is 4.79 Å². The fraction of sp³-hybridized carbons (Fsp3) is 0.440. The van der Waals surface area contributed by atoms with Gasteiger partial charge in [0, 0.05) is 49.1 Å². The van der Waals surface area contributed by atoms with Gasteiger partial charge in [-0.05, 0) is 49.9 Å². The van der Waals surface area contributed by atoms with Crippen LogP contribution < -0.4 is 5.32 Å². The first-order valence-electron chi connectivity index (χ1n) is 11.7. The van der Waals surface area contributed by atoms with Gasteiger partial charge in [-0.3, -0.25) is 24.6 Å². The number of anilines is 1. The molecule has 2 aromatic rings. The highest BCUT2D eigenvalue weighted by molar-refractivity contribution is 5.96. The van der Waals surface area contributed by atoms with Gasteiger partial charge in [0.1, 0.15) is 5.82 Å². The third-order valence-corrected chi connectivity index (χ3v) is 6.85. The third-order valence-electron chi connectivity index (χ3n) is 6.85. The second kappa shape index (κ2) is 10.3. The van der Waals surface area contributed by atoms with E-state index in [4.69, 9.17) is 0 Å². The Hall–Kier alpha value is -3.33. The minimum absolute atomic E-state index is 0.0696. The fourth-order valence-electron chi connectivity index (χ4n) is 5.06. The minimum atomic E-state index is -0.479. The number of benzene rings is 2. The van der Waals surface area contributed by atoms with Crippen molar-refractivity contribution in [2.45, 2.75) is 38.6 Å². The maximum Gasteiger partial charge on any atom is 0.273 e. The fourth-order valence-corrected chi connectivity index (χ4v) is 5.06. The quantitative estimate of drug-likeness (QED) is 0.511. The van der Waals surface area contributed by atoms with E-state index in [0.717, 1.165) is 25.7 Å². The first-order chi connectivity index (χ1) is 16.3. The van der Waals surface area contributed by atoms with Gasteiger partial charge in [-0.2, -0.15) is 0 Å². The molecule has 34 heavy (non-hydrogen) atoms. The van der Waals surface area contributed by atoms with Crippen LogP contribution in [0.1, 0.15) is 41.6 Å². The van der Waals surface area contributed by atoms with Crippen molar-refractivity contribution in [3.8, 4) is 0 Å². The SMILES string of the molecule is Cc1ccc(C(=O)N2CCN(C(C(=O)Nc3cccc(F)c3)C3CCCC3)CC2)cc1[N+](=O)[O-]. The number of nitrogens with one attached hydrogen (secondary N) is 1. The van der Waals surface area contributed by atoms with Crippen LogP contribution in [0.5, 0.6) is 0 Å². The van der Waals surface area contributed by atoms with Crippen molar-refractivity contribution in [3.05, 3.63) is 69.5 Å². The van der Waals surface area contributed by atoms with Gasteiger partial charge in [0.15, 0.2) is 0 Å². The molecule has 1 saturated heterocycles. The number of amides is 2. The van der Waals surface area contributed by atoms with Crippen molar-refractivity contribution in [1.82, 2.24) is 9.80 Å². The molecule has 2 aliphatic rings. The van der Waals surface area contributed by atoms with E-state index in [1.54, 1.807) is 36.1 Å². The summed E-state index contributed by atoms with van der Waals surface area (Å²) in [6, 6.07) is 10.1. The number of nitro groups is 1. The molecular formula is C25H29FN4O4. The molecule has 8 nitrogen and oxygen atoms in total. The van der Waals surface area contributed by atoms with Gasteiger partial charge in [-0.15, -0.1) is 0 Å². The molecule has 4 rings (SSSR count). The van der Waals surface area contributed by atoms with Gasteiger partial charge in [0.2, 0.25) is 5.91 Å². The largest absolute Gasteiger partial charge is 0.336 e. The first-order valence-corrected chi connectivity index (χ1v) is 11.7. The van der Waals surface area contributed by atoms with Gasteiger partial charge in [0.05, 0.1) is 11.0 Å². The zero-order chi connectivity index (χ0) is 24.2. The maximum atomic E-state index is 13.6. The topological polar surface area (TPSA) is 95.8 Å². The second-order valence-electron chi connectivity index (χ2n) is 9.08. The number of piperazine rings is 1. The van der Waals surface area contributed by atoms with Crippen LogP contribution in [0.15, 0.2) is 42.5 Å². The Labute approximate surface area is 197 Å². The predicted molar refractivity (Wildman–Crippen MR) is 126 cm³/mol. The molecule has 2 aromatic carbocycles. The van der Waals surface area contributed by atoms with E-state index in [9.17, 15) is 24.1 Å². The molecule has 2 amide bonds. The predicted octanol–water partition coefficient (Wildman–Crippen LogP) is 4.00. The zero-order valence-corrected chi connectivity index (χ0v) is 19.2. The number of nitro benzene ring substituents is 1. The van der Waals surface area contributed by atoms with Crippen LogP contribution >= 0.6 is 0 Å². The smallest absolute Gasteiger partial charge is 0.273 e. The molecule has 0 bridgehead atoms. The molecule has 1 N–H and O–H groups in total. The molecule has 1 aliphatic heterocycles. The van der Waals surface area contributed by atoms with Crippen LogP contribution in [0.25, 0.3) is 0 Å². The monoisotopic (exact) mass is 468 g/mol. The number of aryl methyl sites for hydroxylation is 1.